The fourth-order valence-corrected chi connectivity index (χ4v) is 1.68. The fourth-order valence-electron chi connectivity index (χ4n) is 1.51. The van der Waals surface area contributed by atoms with Crippen LogP contribution in [0.4, 0.5) is 5.95 Å². The Morgan fingerprint density at radius 2 is 2.00 bits per heavy atom. The van der Waals surface area contributed by atoms with Crippen molar-refractivity contribution >= 4 is 23.5 Å². The molecule has 2 rings (SSSR count). The zero-order valence-corrected chi connectivity index (χ0v) is 11.9. The monoisotopic (exact) mass is 293 g/mol. The van der Waals surface area contributed by atoms with Crippen molar-refractivity contribution in [1.29, 1.82) is 0 Å². The van der Waals surface area contributed by atoms with Crippen LogP contribution in [0.15, 0.2) is 12.1 Å². The molecule has 0 saturated heterocycles. The van der Waals surface area contributed by atoms with Gasteiger partial charge in [-0.25, -0.2) is 4.98 Å². The Morgan fingerprint density at radius 1 is 1.25 bits per heavy atom. The van der Waals surface area contributed by atoms with Crippen LogP contribution in [0.1, 0.15) is 21.7 Å². The molecule has 0 spiro atoms. The molecule has 0 saturated carbocycles. The number of hydrogen-bond donors (Lipinski definition) is 1. The van der Waals surface area contributed by atoms with Crippen LogP contribution < -0.4 is 10.1 Å². The van der Waals surface area contributed by atoms with Crippen molar-refractivity contribution in [3.63, 3.8) is 0 Å². The normalized spacial score (nSPS) is 10.2. The van der Waals surface area contributed by atoms with Gasteiger partial charge in [0.25, 0.3) is 5.91 Å². The molecule has 0 aliphatic heterocycles. The van der Waals surface area contributed by atoms with Gasteiger partial charge in [-0.15, -0.1) is 0 Å². The van der Waals surface area contributed by atoms with Crippen molar-refractivity contribution in [2.75, 3.05) is 12.4 Å². The number of hydrogen-bond acceptors (Lipinski definition) is 6. The summed E-state index contributed by atoms with van der Waals surface area (Å²) in [4.78, 5) is 20.0. The number of anilines is 1. The number of aryl methyl sites for hydroxylation is 2. The van der Waals surface area contributed by atoms with E-state index in [-0.39, 0.29) is 22.9 Å². The number of carbonyl (C=O) groups excluding carboxylic acids is 1. The second-order valence-electron chi connectivity index (χ2n) is 4.00. The Morgan fingerprint density at radius 3 is 2.70 bits per heavy atom. The van der Waals surface area contributed by atoms with Crippen molar-refractivity contribution in [3.8, 4) is 5.88 Å². The predicted octanol–water partition coefficient (Wildman–Crippen LogP) is 1.80. The topological polar surface area (TPSA) is 89.9 Å². The SMILES string of the molecule is COc1cc(Cl)nc(NC(=O)c2cc(C)nnc2C)n1. The number of carbonyl (C=O) groups is 1. The molecule has 0 radical (unpaired) electrons. The molecule has 2 aromatic rings. The van der Waals surface area contributed by atoms with Crippen LogP contribution in [0.25, 0.3) is 0 Å². The maximum absolute atomic E-state index is 12.2. The van der Waals surface area contributed by atoms with Crippen LogP contribution in [0, 0.1) is 13.8 Å². The van der Waals surface area contributed by atoms with Gasteiger partial charge in [0.15, 0.2) is 0 Å². The average Bonchev–Trinajstić information content (AvgIpc) is 2.40. The van der Waals surface area contributed by atoms with Gasteiger partial charge < -0.3 is 4.74 Å². The lowest BCUT2D eigenvalue weighted by Gasteiger charge is -2.07. The molecular formula is C12H12ClN5O2. The van der Waals surface area contributed by atoms with E-state index in [0.717, 1.165) is 0 Å². The van der Waals surface area contributed by atoms with E-state index in [4.69, 9.17) is 16.3 Å². The summed E-state index contributed by atoms with van der Waals surface area (Å²) in [5, 5.41) is 10.5. The first-order valence-corrected chi connectivity index (χ1v) is 6.08. The van der Waals surface area contributed by atoms with Crippen LogP contribution >= 0.6 is 11.6 Å². The fraction of sp³-hybridized carbons (Fsp3) is 0.250. The third kappa shape index (κ3) is 3.18. The molecule has 2 aromatic heterocycles. The standard InChI is InChI=1S/C12H12ClN5O2/c1-6-4-8(7(2)18-17-6)11(19)16-12-14-9(13)5-10(15-12)20-3/h4-5H,1-3H3,(H,14,15,16,19). The van der Waals surface area contributed by atoms with E-state index in [2.05, 4.69) is 25.5 Å². The van der Waals surface area contributed by atoms with Crippen LogP contribution in [-0.4, -0.2) is 33.2 Å². The Labute approximate surface area is 120 Å². The molecule has 2 heterocycles. The highest BCUT2D eigenvalue weighted by Gasteiger charge is 2.13. The number of amides is 1. The van der Waals surface area contributed by atoms with Crippen molar-refractivity contribution in [2.45, 2.75) is 13.8 Å². The lowest BCUT2D eigenvalue weighted by Crippen LogP contribution is -2.17. The molecule has 0 atom stereocenters. The minimum absolute atomic E-state index is 0.0632. The Bertz CT molecular complexity index is 662. The van der Waals surface area contributed by atoms with Crippen molar-refractivity contribution in [3.05, 3.63) is 34.2 Å². The van der Waals surface area contributed by atoms with Gasteiger partial charge in [0.2, 0.25) is 11.8 Å². The molecular weight excluding hydrogens is 282 g/mol. The largest absolute Gasteiger partial charge is 0.481 e. The van der Waals surface area contributed by atoms with Crippen molar-refractivity contribution in [1.82, 2.24) is 20.2 Å². The second-order valence-corrected chi connectivity index (χ2v) is 4.38. The minimum Gasteiger partial charge on any atom is -0.481 e. The highest BCUT2D eigenvalue weighted by Crippen LogP contribution is 2.16. The Hall–Kier alpha value is -2.28. The molecule has 0 bridgehead atoms. The summed E-state index contributed by atoms with van der Waals surface area (Å²) in [6.45, 7) is 3.45. The van der Waals surface area contributed by atoms with E-state index < -0.39 is 0 Å². The van der Waals surface area contributed by atoms with Crippen LogP contribution in [-0.2, 0) is 0 Å². The van der Waals surface area contributed by atoms with Crippen molar-refractivity contribution in [2.24, 2.45) is 0 Å². The van der Waals surface area contributed by atoms with Crippen molar-refractivity contribution < 1.29 is 9.53 Å². The third-order valence-electron chi connectivity index (χ3n) is 2.45. The van der Waals surface area contributed by atoms with E-state index in [1.165, 1.54) is 13.2 Å². The molecule has 1 amide bonds. The van der Waals surface area contributed by atoms with E-state index in [0.29, 0.717) is 17.0 Å². The van der Waals surface area contributed by atoms with E-state index in [9.17, 15) is 4.79 Å². The summed E-state index contributed by atoms with van der Waals surface area (Å²) >= 11 is 5.81. The van der Waals surface area contributed by atoms with Gasteiger partial charge in [-0.2, -0.15) is 15.2 Å². The van der Waals surface area contributed by atoms with E-state index in [1.807, 2.05) is 0 Å². The van der Waals surface area contributed by atoms with Crippen LogP contribution in [0.5, 0.6) is 5.88 Å². The molecule has 0 unspecified atom stereocenters. The molecule has 7 nitrogen and oxygen atoms in total. The third-order valence-corrected chi connectivity index (χ3v) is 2.64. The molecule has 8 heteroatoms. The summed E-state index contributed by atoms with van der Waals surface area (Å²) in [5.74, 6) is -0.0564. The predicted molar refractivity (Wildman–Crippen MR) is 73.1 cm³/mol. The van der Waals surface area contributed by atoms with E-state index in [1.54, 1.807) is 19.9 Å². The molecule has 0 fully saturated rings. The number of methoxy groups -OCH3 is 1. The summed E-state index contributed by atoms with van der Waals surface area (Å²) in [5.41, 5.74) is 1.56. The summed E-state index contributed by atoms with van der Waals surface area (Å²) in [7, 11) is 1.45. The van der Waals surface area contributed by atoms with Gasteiger partial charge in [-0.1, -0.05) is 11.6 Å². The van der Waals surface area contributed by atoms with Crippen LogP contribution in [0.3, 0.4) is 0 Å². The summed E-state index contributed by atoms with van der Waals surface area (Å²) in [6.07, 6.45) is 0. The first kappa shape index (κ1) is 14.1. The highest BCUT2D eigenvalue weighted by atomic mass is 35.5. The van der Waals surface area contributed by atoms with Gasteiger partial charge in [-0.05, 0) is 19.9 Å². The maximum atomic E-state index is 12.2. The quantitative estimate of drug-likeness (QED) is 0.868. The molecule has 104 valence electrons. The first-order valence-electron chi connectivity index (χ1n) is 5.70. The number of halogens is 1. The number of aromatic nitrogens is 4. The molecule has 0 aromatic carbocycles. The van der Waals surface area contributed by atoms with Gasteiger partial charge in [0.05, 0.1) is 24.1 Å². The number of nitrogens with one attached hydrogen (secondary N) is 1. The number of rotatable bonds is 3. The Kier molecular flexibility index (Phi) is 4.09. The molecule has 0 aliphatic rings. The maximum Gasteiger partial charge on any atom is 0.259 e. The summed E-state index contributed by atoms with van der Waals surface area (Å²) < 4.78 is 4.96. The number of ether oxygens (including phenoxy) is 1. The highest BCUT2D eigenvalue weighted by molar-refractivity contribution is 6.29. The van der Waals surface area contributed by atoms with Gasteiger partial charge in [0.1, 0.15) is 5.15 Å². The minimum atomic E-state index is -0.384. The van der Waals surface area contributed by atoms with Crippen LogP contribution in [0.2, 0.25) is 5.15 Å². The average molecular weight is 294 g/mol. The zero-order chi connectivity index (χ0) is 14.7. The molecule has 20 heavy (non-hydrogen) atoms. The molecule has 1 N–H and O–H groups in total. The lowest BCUT2D eigenvalue weighted by atomic mass is 10.2. The smallest absolute Gasteiger partial charge is 0.259 e. The zero-order valence-electron chi connectivity index (χ0n) is 11.1. The van der Waals surface area contributed by atoms with Gasteiger partial charge in [-0.3, -0.25) is 10.1 Å². The van der Waals surface area contributed by atoms with Gasteiger partial charge in [0, 0.05) is 6.07 Å². The Balaban J connectivity index is 2.27. The number of nitrogens with zero attached hydrogens (tertiary/aromatic N) is 4. The van der Waals surface area contributed by atoms with E-state index >= 15 is 0 Å². The first-order chi connectivity index (χ1) is 9.49. The summed E-state index contributed by atoms with van der Waals surface area (Å²) in [6, 6.07) is 3.08. The second kappa shape index (κ2) is 5.79. The molecule has 0 aliphatic carbocycles. The lowest BCUT2D eigenvalue weighted by molar-refractivity contribution is 0.102. The van der Waals surface area contributed by atoms with Gasteiger partial charge >= 0.3 is 0 Å².